The predicted octanol–water partition coefficient (Wildman–Crippen LogP) is 3.49. The Morgan fingerprint density at radius 2 is 1.84 bits per heavy atom. The molecule has 1 N–H and O–H groups in total. The zero-order valence-corrected chi connectivity index (χ0v) is 16.2. The number of nitrogens with one attached hydrogen (secondary N) is 1. The Bertz CT molecular complexity index is 1240. The van der Waals surface area contributed by atoms with Crippen LogP contribution in [0.3, 0.4) is 0 Å². The highest BCUT2D eigenvalue weighted by molar-refractivity contribution is 6.06. The summed E-state index contributed by atoms with van der Waals surface area (Å²) in [7, 11) is 0. The third kappa shape index (κ3) is 3.68. The van der Waals surface area contributed by atoms with Crippen molar-refractivity contribution < 1.29 is 18.7 Å². The number of pyridine rings is 1. The van der Waals surface area contributed by atoms with E-state index in [1.807, 2.05) is 0 Å². The average molecular weight is 417 g/mol. The minimum absolute atomic E-state index is 0.104. The molecular formula is C22H16FN5O3. The second-order valence-electron chi connectivity index (χ2n) is 6.73. The molecule has 2 aromatic heterocycles. The van der Waals surface area contributed by atoms with Gasteiger partial charge in [0.25, 0.3) is 5.91 Å². The van der Waals surface area contributed by atoms with Crippen molar-refractivity contribution in [3.05, 3.63) is 78.5 Å². The lowest BCUT2D eigenvalue weighted by atomic mass is 10.1. The van der Waals surface area contributed by atoms with Crippen molar-refractivity contribution in [2.45, 2.75) is 0 Å². The van der Waals surface area contributed by atoms with Gasteiger partial charge >= 0.3 is 0 Å². The molecule has 31 heavy (non-hydrogen) atoms. The average Bonchev–Trinajstić information content (AvgIpc) is 3.25. The van der Waals surface area contributed by atoms with Crippen LogP contribution in [0.5, 0.6) is 11.5 Å². The fourth-order valence-electron chi connectivity index (χ4n) is 3.27. The monoisotopic (exact) mass is 417 g/mol. The van der Waals surface area contributed by atoms with Crippen LogP contribution in [0.15, 0.2) is 67.0 Å². The summed E-state index contributed by atoms with van der Waals surface area (Å²) >= 11 is 0. The largest absolute Gasteiger partial charge is 0.486 e. The van der Waals surface area contributed by atoms with Gasteiger partial charge in [-0.2, -0.15) is 0 Å². The molecule has 8 nitrogen and oxygen atoms in total. The second-order valence-corrected chi connectivity index (χ2v) is 6.73. The number of fused-ring (bicyclic) bond motifs is 1. The summed E-state index contributed by atoms with van der Waals surface area (Å²) in [4.78, 5) is 17.2. The second kappa shape index (κ2) is 7.86. The molecule has 0 radical (unpaired) electrons. The Morgan fingerprint density at radius 1 is 1.03 bits per heavy atom. The third-order valence-electron chi connectivity index (χ3n) is 4.69. The minimum Gasteiger partial charge on any atom is -0.486 e. The zero-order chi connectivity index (χ0) is 21.2. The van der Waals surface area contributed by atoms with Crippen LogP contribution < -0.4 is 14.8 Å². The zero-order valence-electron chi connectivity index (χ0n) is 16.2. The van der Waals surface area contributed by atoms with Crippen LogP contribution in [0, 0.1) is 5.82 Å². The number of anilines is 1. The molecule has 3 heterocycles. The number of ether oxygens (including phenoxy) is 2. The van der Waals surface area contributed by atoms with E-state index in [0.717, 1.165) is 0 Å². The summed E-state index contributed by atoms with van der Waals surface area (Å²) < 4.78 is 25.9. The van der Waals surface area contributed by atoms with Gasteiger partial charge in [-0.05, 0) is 48.5 Å². The molecule has 5 rings (SSSR count). The smallest absolute Gasteiger partial charge is 0.278 e. The number of halogens is 1. The van der Waals surface area contributed by atoms with Gasteiger partial charge in [-0.15, -0.1) is 5.10 Å². The van der Waals surface area contributed by atoms with Crippen LogP contribution in [0.25, 0.3) is 16.9 Å². The molecule has 1 amide bonds. The van der Waals surface area contributed by atoms with Gasteiger partial charge in [0.15, 0.2) is 17.2 Å². The molecule has 0 fully saturated rings. The molecule has 0 atom stereocenters. The van der Waals surface area contributed by atoms with Gasteiger partial charge in [0.05, 0.1) is 5.69 Å². The summed E-state index contributed by atoms with van der Waals surface area (Å²) in [6.07, 6.45) is 3.24. The molecule has 0 saturated carbocycles. The van der Waals surface area contributed by atoms with Gasteiger partial charge in [0, 0.05) is 29.7 Å². The first-order valence-electron chi connectivity index (χ1n) is 9.52. The lowest BCUT2D eigenvalue weighted by molar-refractivity contribution is 0.102. The number of amides is 1. The number of aromatic nitrogens is 4. The van der Waals surface area contributed by atoms with E-state index in [1.165, 1.54) is 16.8 Å². The third-order valence-corrected chi connectivity index (χ3v) is 4.69. The number of rotatable bonds is 4. The predicted molar refractivity (Wildman–Crippen MR) is 110 cm³/mol. The first-order chi connectivity index (χ1) is 15.2. The highest BCUT2D eigenvalue weighted by Crippen LogP contribution is 2.33. The number of hydrogen-bond donors (Lipinski definition) is 1. The Morgan fingerprint density at radius 3 is 2.61 bits per heavy atom. The van der Waals surface area contributed by atoms with E-state index >= 15 is 0 Å². The van der Waals surface area contributed by atoms with Crippen molar-refractivity contribution in [2.75, 3.05) is 18.5 Å². The quantitative estimate of drug-likeness (QED) is 0.547. The van der Waals surface area contributed by atoms with Crippen LogP contribution >= 0.6 is 0 Å². The summed E-state index contributed by atoms with van der Waals surface area (Å²) in [5.74, 6) is 0.362. The van der Waals surface area contributed by atoms with E-state index < -0.39 is 5.91 Å². The Labute approximate surface area is 176 Å². The van der Waals surface area contributed by atoms with Gasteiger partial charge < -0.3 is 14.8 Å². The van der Waals surface area contributed by atoms with Gasteiger partial charge in [-0.3, -0.25) is 9.78 Å². The normalized spacial score (nSPS) is 12.4. The number of carbonyl (C=O) groups excluding carboxylic acids is 1. The molecule has 0 aliphatic carbocycles. The van der Waals surface area contributed by atoms with Crippen LogP contribution in [0.4, 0.5) is 10.1 Å². The first kappa shape index (κ1) is 18.7. The maximum atomic E-state index is 13.4. The highest BCUT2D eigenvalue weighted by Gasteiger charge is 2.23. The van der Waals surface area contributed by atoms with Crippen molar-refractivity contribution >= 4 is 11.6 Å². The highest BCUT2D eigenvalue weighted by atomic mass is 19.1. The molecule has 0 bridgehead atoms. The Kier molecular flexibility index (Phi) is 4.75. The van der Waals surface area contributed by atoms with Gasteiger partial charge in [0.1, 0.15) is 24.7 Å². The molecular weight excluding hydrogens is 401 g/mol. The van der Waals surface area contributed by atoms with Gasteiger partial charge in [-0.1, -0.05) is 5.21 Å². The molecule has 0 saturated heterocycles. The van der Waals surface area contributed by atoms with E-state index in [0.29, 0.717) is 47.3 Å². The number of benzene rings is 2. The van der Waals surface area contributed by atoms with Crippen LogP contribution in [0.1, 0.15) is 10.5 Å². The summed E-state index contributed by atoms with van der Waals surface area (Å²) in [6, 6.07) is 14.5. The van der Waals surface area contributed by atoms with Crippen molar-refractivity contribution in [1.29, 1.82) is 0 Å². The van der Waals surface area contributed by atoms with Gasteiger partial charge in [0.2, 0.25) is 0 Å². The molecule has 4 aromatic rings. The maximum Gasteiger partial charge on any atom is 0.278 e. The fourth-order valence-corrected chi connectivity index (χ4v) is 3.27. The molecule has 154 valence electrons. The van der Waals surface area contributed by atoms with E-state index in [2.05, 4.69) is 20.6 Å². The van der Waals surface area contributed by atoms with E-state index in [9.17, 15) is 9.18 Å². The molecule has 2 aromatic carbocycles. The van der Waals surface area contributed by atoms with E-state index in [1.54, 1.807) is 54.9 Å². The van der Waals surface area contributed by atoms with Crippen LogP contribution in [-0.4, -0.2) is 39.1 Å². The van der Waals surface area contributed by atoms with Crippen molar-refractivity contribution in [3.63, 3.8) is 0 Å². The van der Waals surface area contributed by atoms with Crippen molar-refractivity contribution in [2.24, 2.45) is 0 Å². The SMILES string of the molecule is O=C(Nc1ccc2c(c1)OCCO2)c1nnn(-c2ccc(F)cc2)c1-c1cccnc1. The number of carbonyl (C=O) groups is 1. The first-order valence-corrected chi connectivity index (χ1v) is 9.52. The topological polar surface area (TPSA) is 91.2 Å². The van der Waals surface area contributed by atoms with Crippen LogP contribution in [0.2, 0.25) is 0 Å². The molecule has 9 heteroatoms. The summed E-state index contributed by atoms with van der Waals surface area (Å²) in [5.41, 5.74) is 2.28. The number of nitrogens with zero attached hydrogens (tertiary/aromatic N) is 4. The maximum absolute atomic E-state index is 13.4. The standard InChI is InChI=1S/C22H16FN5O3/c23-15-3-6-17(7-4-15)28-21(14-2-1-9-24-13-14)20(26-27-28)22(29)25-16-5-8-18-19(12-16)31-11-10-30-18/h1-9,12-13H,10-11H2,(H,25,29). The van der Waals surface area contributed by atoms with Crippen molar-refractivity contribution in [3.8, 4) is 28.4 Å². The van der Waals surface area contributed by atoms with Crippen molar-refractivity contribution in [1.82, 2.24) is 20.0 Å². The molecule has 1 aliphatic rings. The lowest BCUT2D eigenvalue weighted by Crippen LogP contribution is -2.17. The Hall–Kier alpha value is -4.27. The van der Waals surface area contributed by atoms with E-state index in [-0.39, 0.29) is 11.5 Å². The minimum atomic E-state index is -0.455. The number of hydrogen-bond acceptors (Lipinski definition) is 6. The molecule has 0 unspecified atom stereocenters. The summed E-state index contributed by atoms with van der Waals surface area (Å²) in [6.45, 7) is 0.932. The summed E-state index contributed by atoms with van der Waals surface area (Å²) in [5, 5.41) is 11.1. The van der Waals surface area contributed by atoms with Crippen LogP contribution in [-0.2, 0) is 0 Å². The van der Waals surface area contributed by atoms with E-state index in [4.69, 9.17) is 9.47 Å². The molecule has 1 aliphatic heterocycles. The lowest BCUT2D eigenvalue weighted by Gasteiger charge is -2.18. The fraction of sp³-hybridized carbons (Fsp3) is 0.0909. The Balaban J connectivity index is 1.53. The molecule has 0 spiro atoms. The van der Waals surface area contributed by atoms with Gasteiger partial charge in [-0.25, -0.2) is 9.07 Å².